The van der Waals surface area contributed by atoms with Crippen molar-refractivity contribution in [1.82, 2.24) is 9.80 Å². The number of allylic oxidation sites excluding steroid dienone is 12. The molecule has 0 aromatic rings. The number of methoxy groups -OCH3 is 5. The summed E-state index contributed by atoms with van der Waals surface area (Å²) in [7, 11) is 7.45. The van der Waals surface area contributed by atoms with Gasteiger partial charge in [0, 0.05) is 110 Å². The summed E-state index contributed by atoms with van der Waals surface area (Å²) in [5.74, 6) is -11.7. The highest BCUT2D eigenvalue weighted by Gasteiger charge is 2.56. The molecule has 2 saturated carbocycles. The molecule has 6 aliphatic heterocycles. The molecule has 762 valence electrons. The van der Waals surface area contributed by atoms with Crippen LogP contribution >= 0.6 is 0 Å². The number of aliphatic hydroxyl groups is 7. The van der Waals surface area contributed by atoms with Crippen molar-refractivity contribution in [1.29, 1.82) is 0 Å². The highest BCUT2D eigenvalue weighted by molar-refractivity contribution is 6.39. The minimum atomic E-state index is -2.47. The molecular formula is C107H162N2O27. The van der Waals surface area contributed by atoms with Gasteiger partial charge in [0.25, 0.3) is 23.4 Å². The van der Waals surface area contributed by atoms with Gasteiger partial charge < -0.3 is 92.9 Å². The first-order chi connectivity index (χ1) is 64.4. The van der Waals surface area contributed by atoms with Crippen LogP contribution < -0.4 is 0 Å². The standard InChI is InChI=1S/C53H79NO13.C51H79NO13.C3H4O/c1-11-25-65-44-30-40-22-20-38(8)53(62,67-40)50(59)51(60)54-24-16-15-19-41(54)52(61)66-45(35(5)28-39-21-23-42(55)46(29-39)63-9)31-43(56)34(4)27-37(7)48(58)49(64-10)47(57)36(6)26-32(2)17-13-12-14-18-33(44)3;1-30-16-12-11-13-17-31(2)42(61-8)28-38-21-19-36(7)51(60,65-38)48(57)49(58)52-23-15-14-18-39(52)50(59)64-43(33(4)26-37-20-22-40(53)44(27-37)62-9)29-41(54)32(3)25-35(6)46(56)47(63-10)45(55)34(5)24-30;1-2-3-4/h1,12-14,17-18,27,32,34-36,38-42,44-46,48-49,55,58,62H,15-16,19-26,28-31H2,2-10H3;11-13,16-17,25,30,32-34,36-40,42-44,46-47,53,56,60H,14-15,18-24,26-29H2,1-10H3;1,4H,3H2/b14-12+,17-13+,33-18+,37-27+;13-11+,16-12+,31-17+,35-25+;/t32-,34-,35-,36-,38-,39+,40+,41+,42-,44?,45+,46-,48-,49+,53-;30-,32-,33-,34-,36-,37+,38+,39+,40-,42+,43+,44-,46-,47+,51-;/m11./s1. The van der Waals surface area contributed by atoms with Crippen molar-refractivity contribution in [2.75, 3.05) is 61.9 Å². The number of hydrogen-bond acceptors (Lipinski definition) is 27. The lowest BCUT2D eigenvalue weighted by atomic mass is 9.78. The second-order valence-corrected chi connectivity index (χ2v) is 39.8. The van der Waals surface area contributed by atoms with E-state index in [4.69, 9.17) is 58.9 Å². The van der Waals surface area contributed by atoms with Gasteiger partial charge in [-0.2, -0.15) is 0 Å². The molecule has 4 saturated heterocycles. The monoisotopic (exact) mass is 1910 g/mol. The van der Waals surface area contributed by atoms with Crippen LogP contribution in [0, 0.1) is 95.7 Å². The predicted molar refractivity (Wildman–Crippen MR) is 514 cm³/mol. The Morgan fingerprint density at radius 3 is 1.21 bits per heavy atom. The maximum Gasteiger partial charge on any atom is 0.329 e. The van der Waals surface area contributed by atoms with Crippen LogP contribution in [0.25, 0.3) is 0 Å². The number of nitrogens with zero attached hydrogens (tertiary/aromatic N) is 2. The first kappa shape index (κ1) is 117. The second kappa shape index (κ2) is 57.3. The molecule has 7 N–H and O–H groups in total. The van der Waals surface area contributed by atoms with E-state index in [0.29, 0.717) is 127 Å². The molecule has 136 heavy (non-hydrogen) atoms. The number of carbonyl (C=O) groups is 10. The van der Waals surface area contributed by atoms with Crippen molar-refractivity contribution in [3.05, 3.63) is 95.2 Å². The minimum Gasteiger partial charge on any atom is -0.460 e. The van der Waals surface area contributed by atoms with E-state index in [0.717, 1.165) is 17.6 Å². The van der Waals surface area contributed by atoms with E-state index >= 15 is 0 Å². The smallest absolute Gasteiger partial charge is 0.329 e. The molecule has 29 nitrogen and oxygen atoms in total. The number of terminal acetylenes is 2. The topological polar surface area (TPSA) is 411 Å². The van der Waals surface area contributed by atoms with E-state index in [9.17, 15) is 78.6 Å². The zero-order valence-electron chi connectivity index (χ0n) is 84.2. The Balaban J connectivity index is 0.000000402. The van der Waals surface area contributed by atoms with Crippen LogP contribution in [-0.4, -0.2) is 275 Å². The average Bonchev–Trinajstić information content (AvgIpc) is 0.773. The number of rotatable bonds is 13. The summed E-state index contributed by atoms with van der Waals surface area (Å²) in [6.07, 6.45) is 31.8. The Kier molecular flexibility index (Phi) is 49.3. The number of carbonyl (C=O) groups excluding carboxylic acids is 10. The summed E-state index contributed by atoms with van der Waals surface area (Å²) >= 11 is 0. The van der Waals surface area contributed by atoms with Crippen molar-refractivity contribution in [3.63, 3.8) is 0 Å². The third-order valence-corrected chi connectivity index (χ3v) is 29.1. The summed E-state index contributed by atoms with van der Waals surface area (Å²) in [6, 6.07) is -2.30. The molecule has 2 amide bonds. The number of esters is 2. The molecule has 2 aliphatic carbocycles. The molecule has 0 aromatic carbocycles. The predicted octanol–water partition coefficient (Wildman–Crippen LogP) is 12.0. The number of cyclic esters (lactones) is 2. The number of Topliss-reactive ketones (excluding diaryl/α,β-unsaturated/α-hetero) is 6. The summed E-state index contributed by atoms with van der Waals surface area (Å²) in [5, 5.41) is 75.4. The van der Waals surface area contributed by atoms with Crippen LogP contribution in [0.4, 0.5) is 0 Å². The third kappa shape index (κ3) is 33.5. The van der Waals surface area contributed by atoms with Gasteiger partial charge in [-0.3, -0.25) is 38.4 Å². The Bertz CT molecular complexity index is 4260. The Labute approximate surface area is 808 Å². The normalized spacial score (nSPS) is 38.9. The highest BCUT2D eigenvalue weighted by atomic mass is 16.6. The zero-order chi connectivity index (χ0) is 101. The Hall–Kier alpha value is -7.66. The third-order valence-electron chi connectivity index (χ3n) is 29.1. The van der Waals surface area contributed by atoms with Gasteiger partial charge in [-0.15, -0.1) is 12.8 Å². The number of hydrogen-bond donors (Lipinski definition) is 7. The molecule has 0 aromatic heterocycles. The average molecular weight is 1910 g/mol. The first-order valence-electron chi connectivity index (χ1n) is 49.3. The largest absolute Gasteiger partial charge is 0.460 e. The fourth-order valence-corrected chi connectivity index (χ4v) is 20.3. The fourth-order valence-electron chi connectivity index (χ4n) is 20.3. The van der Waals surface area contributed by atoms with Crippen molar-refractivity contribution in [3.8, 4) is 24.7 Å². The molecule has 8 rings (SSSR count). The lowest BCUT2D eigenvalue weighted by Gasteiger charge is -2.42. The lowest BCUT2D eigenvalue weighted by molar-refractivity contribution is -0.266. The van der Waals surface area contributed by atoms with Crippen LogP contribution in [0.2, 0.25) is 0 Å². The molecule has 6 fully saturated rings. The number of ketones is 6. The molecule has 0 spiro atoms. The maximum atomic E-state index is 14.4. The Morgan fingerprint density at radius 1 is 0.463 bits per heavy atom. The van der Waals surface area contributed by atoms with E-state index in [1.807, 2.05) is 115 Å². The van der Waals surface area contributed by atoms with Crippen molar-refractivity contribution in [2.24, 2.45) is 71.0 Å². The quantitative estimate of drug-likeness (QED) is 0.0390. The van der Waals surface area contributed by atoms with E-state index in [2.05, 4.69) is 12.3 Å². The van der Waals surface area contributed by atoms with Gasteiger partial charge in [0.2, 0.25) is 11.6 Å². The molecule has 4 bridgehead atoms. The molecule has 30 atom stereocenters. The van der Waals surface area contributed by atoms with Gasteiger partial charge in [0.15, 0.2) is 11.6 Å². The maximum absolute atomic E-state index is 14.4. The van der Waals surface area contributed by atoms with E-state index in [-0.39, 0.29) is 129 Å². The van der Waals surface area contributed by atoms with Gasteiger partial charge in [0.1, 0.15) is 73.5 Å². The van der Waals surface area contributed by atoms with Gasteiger partial charge >= 0.3 is 11.9 Å². The summed E-state index contributed by atoms with van der Waals surface area (Å²) in [4.78, 5) is 144. The minimum absolute atomic E-state index is 0.00385. The van der Waals surface area contributed by atoms with Crippen LogP contribution in [0.15, 0.2) is 95.2 Å². The fraction of sp³-hybridized carbons (Fsp3) is 0.720. The number of amides is 2. The van der Waals surface area contributed by atoms with Crippen LogP contribution in [-0.2, 0) is 95.3 Å². The van der Waals surface area contributed by atoms with Crippen LogP contribution in [0.5, 0.6) is 0 Å². The highest BCUT2D eigenvalue weighted by Crippen LogP contribution is 2.42. The molecule has 1 unspecified atom stereocenters. The SMILES string of the molecule is C#CCO.C#CCOC1C[C@@H]2CC[C@@H](C)[C@@](O)(O2)C(=O)C(=O)N2CCCC[C@H]2C(=O)O[C@H]([C@H](C)C[C@@H]2CC[C@@H](O)[C@H](OC)C2)CC(=O)[C@H](C)/C=C(\C)[C@@H](O)[C@@H](OC)C(=O)[C@H](C)C[C@H](C)/C=C/C=C/C=C/1C.CO[C@H]1C[C@@H]2CC[C@@H](C)[C@@](O)(O2)C(=O)C(=O)N2CCCC[C@H]2C(=O)O[C@H]([C@H](C)C[C@@H]2CC[C@@H](O)[C@H](OC)C2)CC(=O)[C@H](C)/C=C(\C)[C@@H](O)[C@@H](OC)C(=O)[C@H](C)C[C@H](C)/C=C/C=C/C=C/1C. The van der Waals surface area contributed by atoms with E-state index < -0.39 is 168 Å². The van der Waals surface area contributed by atoms with Crippen LogP contribution in [0.3, 0.4) is 0 Å². The molecule has 0 radical (unpaired) electrons. The van der Waals surface area contributed by atoms with Crippen molar-refractivity contribution < 1.29 is 131 Å². The number of aliphatic hydroxyl groups excluding tert-OH is 5. The lowest BCUT2D eigenvalue weighted by Crippen LogP contribution is -2.61. The zero-order valence-corrected chi connectivity index (χ0v) is 84.2. The molecular weight excluding hydrogens is 1750 g/mol. The number of piperidine rings is 2. The van der Waals surface area contributed by atoms with E-state index in [1.165, 1.54) is 24.0 Å². The Morgan fingerprint density at radius 2 is 0.846 bits per heavy atom. The summed E-state index contributed by atoms with van der Waals surface area (Å²) < 4.78 is 59.0. The second-order valence-electron chi connectivity index (χ2n) is 39.8. The molecule has 8 aliphatic rings. The van der Waals surface area contributed by atoms with Gasteiger partial charge in [-0.1, -0.05) is 154 Å². The van der Waals surface area contributed by atoms with E-state index in [1.54, 1.807) is 81.9 Å². The molecule has 29 heteroatoms. The van der Waals surface area contributed by atoms with Gasteiger partial charge in [-0.05, 0) is 214 Å². The first-order valence-corrected chi connectivity index (χ1v) is 49.3. The molecule has 6 heterocycles. The van der Waals surface area contributed by atoms with Crippen molar-refractivity contribution >= 4 is 58.5 Å². The van der Waals surface area contributed by atoms with Gasteiger partial charge in [0.05, 0.1) is 48.8 Å². The number of ether oxygens (including phenoxy) is 10. The van der Waals surface area contributed by atoms with Gasteiger partial charge in [-0.25, -0.2) is 9.59 Å². The summed E-state index contributed by atoms with van der Waals surface area (Å²) in [6.45, 7) is 25.2. The number of fused-ring (bicyclic) bond motifs is 6. The summed E-state index contributed by atoms with van der Waals surface area (Å²) in [5.41, 5.74) is 2.46. The van der Waals surface area contributed by atoms with Crippen LogP contribution in [0.1, 0.15) is 251 Å². The van der Waals surface area contributed by atoms with Crippen molar-refractivity contribution in [2.45, 2.75) is 360 Å².